The first-order valence-electron chi connectivity index (χ1n) is 11.4. The number of aliphatic hydroxyl groups excluding tert-OH is 1. The van der Waals surface area contributed by atoms with Gasteiger partial charge < -0.3 is 47.7 Å². The zero-order valence-electron chi connectivity index (χ0n) is 21.3. The van der Waals surface area contributed by atoms with Crippen molar-refractivity contribution in [1.82, 2.24) is 0 Å². The van der Waals surface area contributed by atoms with E-state index in [0.717, 1.165) is 6.92 Å². The predicted octanol–water partition coefficient (Wildman–Crippen LogP) is -0.139. The second kappa shape index (κ2) is 14.0. The van der Waals surface area contributed by atoms with Crippen molar-refractivity contribution in [3.05, 3.63) is 12.7 Å². The van der Waals surface area contributed by atoms with Gasteiger partial charge in [0.25, 0.3) is 0 Å². The van der Waals surface area contributed by atoms with Gasteiger partial charge in [0.15, 0.2) is 30.9 Å². The van der Waals surface area contributed by atoms with Crippen LogP contribution in [0.1, 0.15) is 27.7 Å². The van der Waals surface area contributed by atoms with Crippen molar-refractivity contribution in [1.29, 1.82) is 0 Å². The van der Waals surface area contributed by atoms with E-state index in [1.165, 1.54) is 34.1 Å². The smallest absolute Gasteiger partial charge is 0.303 e. The molecule has 36 heavy (non-hydrogen) atoms. The molecule has 0 aromatic carbocycles. The Labute approximate surface area is 209 Å². The third kappa shape index (κ3) is 7.68. The molecule has 1 N–H and O–H groups in total. The lowest BCUT2D eigenvalue weighted by Gasteiger charge is -2.45. The van der Waals surface area contributed by atoms with Crippen LogP contribution in [0.3, 0.4) is 0 Å². The summed E-state index contributed by atoms with van der Waals surface area (Å²) in [5.74, 6) is -2.04. The van der Waals surface area contributed by atoms with E-state index in [2.05, 4.69) is 6.58 Å². The molecule has 2 rings (SSSR count). The van der Waals surface area contributed by atoms with Gasteiger partial charge in [0.2, 0.25) is 0 Å². The van der Waals surface area contributed by atoms with E-state index in [-0.39, 0.29) is 13.2 Å². The van der Waals surface area contributed by atoms with Gasteiger partial charge in [-0.15, -0.1) is 6.58 Å². The minimum atomic E-state index is -1.29. The van der Waals surface area contributed by atoms with E-state index in [9.17, 15) is 19.5 Å². The number of esters is 3. The van der Waals surface area contributed by atoms with E-state index in [1.54, 1.807) is 6.92 Å². The van der Waals surface area contributed by atoms with Crippen molar-refractivity contribution in [2.75, 3.05) is 27.4 Å². The summed E-state index contributed by atoms with van der Waals surface area (Å²) in [5.41, 5.74) is 0. The molecule has 0 aromatic rings. The molecule has 0 aromatic heterocycles. The quantitative estimate of drug-likeness (QED) is 0.218. The van der Waals surface area contributed by atoms with Crippen LogP contribution in [0.15, 0.2) is 12.7 Å². The normalized spacial score (nSPS) is 36.5. The maximum atomic E-state index is 11.9. The summed E-state index contributed by atoms with van der Waals surface area (Å²) in [6.07, 6.45) is -8.71. The summed E-state index contributed by atoms with van der Waals surface area (Å²) in [4.78, 5) is 35.3. The number of carbonyl (C=O) groups is 3. The van der Waals surface area contributed by atoms with Crippen LogP contribution in [0.5, 0.6) is 0 Å². The van der Waals surface area contributed by atoms with Gasteiger partial charge in [-0.1, -0.05) is 6.08 Å². The van der Waals surface area contributed by atoms with Crippen molar-refractivity contribution in [3.63, 3.8) is 0 Å². The molecular formula is C23H36O13. The Morgan fingerprint density at radius 2 is 1.33 bits per heavy atom. The number of ether oxygens (including phenoxy) is 9. The molecule has 0 saturated carbocycles. The molecule has 13 heteroatoms. The van der Waals surface area contributed by atoms with Crippen LogP contribution in [0, 0.1) is 0 Å². The largest absolute Gasteiger partial charge is 0.456 e. The summed E-state index contributed by atoms with van der Waals surface area (Å²) in [6, 6.07) is 0. The van der Waals surface area contributed by atoms with Crippen molar-refractivity contribution in [2.24, 2.45) is 0 Å². The monoisotopic (exact) mass is 520 g/mol. The van der Waals surface area contributed by atoms with Gasteiger partial charge in [0, 0.05) is 35.0 Å². The third-order valence-electron chi connectivity index (χ3n) is 5.60. The fourth-order valence-corrected chi connectivity index (χ4v) is 4.14. The first-order valence-corrected chi connectivity index (χ1v) is 11.4. The molecule has 2 fully saturated rings. The van der Waals surface area contributed by atoms with Crippen LogP contribution in [-0.2, 0) is 57.0 Å². The predicted molar refractivity (Wildman–Crippen MR) is 119 cm³/mol. The highest BCUT2D eigenvalue weighted by Gasteiger charge is 2.52. The van der Waals surface area contributed by atoms with E-state index in [4.69, 9.17) is 42.6 Å². The molecule has 0 spiro atoms. The van der Waals surface area contributed by atoms with Crippen molar-refractivity contribution in [2.45, 2.75) is 89.1 Å². The molecule has 206 valence electrons. The number of hydrogen-bond donors (Lipinski definition) is 1. The maximum absolute atomic E-state index is 11.9. The Morgan fingerprint density at radius 3 is 1.86 bits per heavy atom. The van der Waals surface area contributed by atoms with Gasteiger partial charge in [0.05, 0.1) is 19.3 Å². The highest BCUT2D eigenvalue weighted by atomic mass is 16.7. The third-order valence-corrected chi connectivity index (χ3v) is 5.60. The molecule has 2 heterocycles. The standard InChI is InChI=1S/C23H36O13/c1-8-9-30-22-20(29-7)18(28-6)16(27)15(36-22)10-31-23-21(35-14(5)26)19(34-13(4)25)17(11(2)32-23)33-12(3)24/h8,11,15-23,27H,1,9-10H2,2-7H3/t11-,15+,16+,17-,18-,19+,20+,21+,22-,23+/m0/s1. The average molecular weight is 521 g/mol. The molecule has 0 aliphatic carbocycles. The number of methoxy groups -OCH3 is 2. The minimum absolute atomic E-state index is 0.157. The topological polar surface area (TPSA) is 155 Å². The Morgan fingerprint density at radius 1 is 0.806 bits per heavy atom. The zero-order valence-corrected chi connectivity index (χ0v) is 21.3. The van der Waals surface area contributed by atoms with Crippen molar-refractivity contribution >= 4 is 17.9 Å². The van der Waals surface area contributed by atoms with Crippen LogP contribution in [0.25, 0.3) is 0 Å². The summed E-state index contributed by atoms with van der Waals surface area (Å²) in [7, 11) is 2.85. The lowest BCUT2D eigenvalue weighted by atomic mass is 9.98. The van der Waals surface area contributed by atoms with Crippen molar-refractivity contribution < 1.29 is 62.1 Å². The summed E-state index contributed by atoms with van der Waals surface area (Å²) in [5, 5.41) is 10.8. The number of carbonyl (C=O) groups excluding carboxylic acids is 3. The molecule has 13 nitrogen and oxygen atoms in total. The highest BCUT2D eigenvalue weighted by molar-refractivity contribution is 5.68. The highest BCUT2D eigenvalue weighted by Crippen LogP contribution is 2.31. The summed E-state index contributed by atoms with van der Waals surface area (Å²) < 4.78 is 50.0. The van der Waals surface area contributed by atoms with Gasteiger partial charge in [-0.3, -0.25) is 14.4 Å². The van der Waals surface area contributed by atoms with E-state index < -0.39 is 79.3 Å². The molecule has 0 unspecified atom stereocenters. The lowest BCUT2D eigenvalue weighted by molar-refractivity contribution is -0.332. The van der Waals surface area contributed by atoms with Gasteiger partial charge in [-0.05, 0) is 6.92 Å². The molecule has 2 aliphatic heterocycles. The Bertz CT molecular complexity index is 758. The van der Waals surface area contributed by atoms with Crippen LogP contribution in [0.4, 0.5) is 0 Å². The minimum Gasteiger partial charge on any atom is -0.456 e. The first-order chi connectivity index (χ1) is 17.0. The Kier molecular flexibility index (Phi) is 11.7. The fourth-order valence-electron chi connectivity index (χ4n) is 4.14. The lowest BCUT2D eigenvalue weighted by Crippen LogP contribution is -2.63. The summed E-state index contributed by atoms with van der Waals surface area (Å²) in [6.45, 7) is 8.60. The summed E-state index contributed by atoms with van der Waals surface area (Å²) >= 11 is 0. The molecule has 2 aliphatic rings. The number of hydrogen-bond acceptors (Lipinski definition) is 13. The van der Waals surface area contributed by atoms with Crippen LogP contribution in [0.2, 0.25) is 0 Å². The van der Waals surface area contributed by atoms with Crippen LogP contribution >= 0.6 is 0 Å². The van der Waals surface area contributed by atoms with Gasteiger partial charge in [-0.25, -0.2) is 0 Å². The zero-order chi connectivity index (χ0) is 27.0. The number of rotatable bonds is 11. The van der Waals surface area contributed by atoms with E-state index in [1.807, 2.05) is 0 Å². The molecular weight excluding hydrogens is 484 g/mol. The second-order valence-electron chi connectivity index (χ2n) is 8.32. The molecule has 2 saturated heterocycles. The second-order valence-corrected chi connectivity index (χ2v) is 8.32. The molecule has 0 amide bonds. The molecule has 10 atom stereocenters. The van der Waals surface area contributed by atoms with Crippen LogP contribution < -0.4 is 0 Å². The molecule has 0 radical (unpaired) electrons. The van der Waals surface area contributed by atoms with E-state index in [0.29, 0.717) is 0 Å². The van der Waals surface area contributed by atoms with Gasteiger partial charge >= 0.3 is 17.9 Å². The van der Waals surface area contributed by atoms with Gasteiger partial charge in [-0.2, -0.15) is 0 Å². The SMILES string of the molecule is C=CCO[C@H]1O[C@H](CO[C@@H]2O[C@@H](C)[C@H](OC(C)=O)[C@@H](OC(C)=O)[C@H]2OC(C)=O)[C@@H](O)[C@H](OC)[C@H]1OC. The number of aliphatic hydroxyl groups is 1. The Balaban J connectivity index is 2.25. The first kappa shape index (κ1) is 30.1. The maximum Gasteiger partial charge on any atom is 0.303 e. The molecule has 0 bridgehead atoms. The van der Waals surface area contributed by atoms with E-state index >= 15 is 0 Å². The average Bonchev–Trinajstić information content (AvgIpc) is 2.80. The van der Waals surface area contributed by atoms with Crippen LogP contribution in [-0.4, -0.2) is 112 Å². The fraction of sp³-hybridized carbons (Fsp3) is 0.783. The van der Waals surface area contributed by atoms with Crippen molar-refractivity contribution in [3.8, 4) is 0 Å². The Hall–Kier alpha value is -2.13. The van der Waals surface area contributed by atoms with Gasteiger partial charge in [0.1, 0.15) is 24.4 Å².